The molecule has 0 amide bonds. The quantitative estimate of drug-likeness (QED) is 0.684. The lowest BCUT2D eigenvalue weighted by Crippen LogP contribution is -2.11. The van der Waals surface area contributed by atoms with Crippen molar-refractivity contribution in [2.24, 2.45) is 0 Å². The zero-order chi connectivity index (χ0) is 11.1. The zero-order valence-corrected chi connectivity index (χ0v) is 9.05. The van der Waals surface area contributed by atoms with Crippen LogP contribution in [-0.2, 0) is 0 Å². The number of rotatable bonds is 0. The number of hydrogen-bond donors (Lipinski definition) is 1. The Kier molecular flexibility index (Phi) is 1.89. The van der Waals surface area contributed by atoms with E-state index in [0.717, 1.165) is 17.0 Å². The minimum atomic E-state index is 0.268. The molecule has 0 bridgehead atoms. The van der Waals surface area contributed by atoms with Gasteiger partial charge in [0.15, 0.2) is 5.75 Å². The monoisotopic (exact) mass is 215 g/mol. The molecule has 4 nitrogen and oxygen atoms in total. The second-order valence-corrected chi connectivity index (χ2v) is 4.07. The van der Waals surface area contributed by atoms with Gasteiger partial charge in [0.2, 0.25) is 0 Å². The number of para-hydroxylation sites is 1. The van der Waals surface area contributed by atoms with Gasteiger partial charge in [0.25, 0.3) is 0 Å². The van der Waals surface area contributed by atoms with E-state index in [0.29, 0.717) is 12.3 Å². The van der Waals surface area contributed by atoms with Gasteiger partial charge in [-0.3, -0.25) is 0 Å². The fourth-order valence-electron chi connectivity index (χ4n) is 2.07. The van der Waals surface area contributed by atoms with E-state index in [1.165, 1.54) is 0 Å². The molecule has 0 radical (unpaired) electrons. The van der Waals surface area contributed by atoms with Crippen molar-refractivity contribution >= 4 is 5.69 Å². The highest BCUT2D eigenvalue weighted by molar-refractivity contribution is 5.75. The molecule has 0 saturated heterocycles. The van der Waals surface area contributed by atoms with Gasteiger partial charge in [-0.05, 0) is 19.1 Å². The lowest BCUT2D eigenvalue weighted by atomic mass is 10.1. The van der Waals surface area contributed by atoms with Crippen LogP contribution < -0.4 is 10.5 Å². The molecule has 1 atom stereocenters. The van der Waals surface area contributed by atoms with Crippen molar-refractivity contribution in [3.63, 3.8) is 0 Å². The van der Waals surface area contributed by atoms with Crippen LogP contribution in [0.3, 0.4) is 0 Å². The zero-order valence-electron chi connectivity index (χ0n) is 9.05. The Hall–Kier alpha value is -1.97. The van der Waals surface area contributed by atoms with Gasteiger partial charge < -0.3 is 15.0 Å². The Morgan fingerprint density at radius 1 is 1.50 bits per heavy atom. The molecule has 0 saturated carbocycles. The summed E-state index contributed by atoms with van der Waals surface area (Å²) in [6, 6.07) is 6.07. The first-order valence-electron chi connectivity index (χ1n) is 5.31. The van der Waals surface area contributed by atoms with Gasteiger partial charge in [0, 0.05) is 5.56 Å². The van der Waals surface area contributed by atoms with Crippen LogP contribution in [0.4, 0.5) is 5.69 Å². The van der Waals surface area contributed by atoms with Crippen LogP contribution >= 0.6 is 0 Å². The molecular formula is C12H13N3O. The molecule has 2 N–H and O–H groups in total. The van der Waals surface area contributed by atoms with Crippen LogP contribution in [0.5, 0.6) is 5.75 Å². The molecule has 2 heterocycles. The van der Waals surface area contributed by atoms with Gasteiger partial charge in [-0.15, -0.1) is 0 Å². The van der Waals surface area contributed by atoms with Crippen LogP contribution in [-0.4, -0.2) is 16.2 Å². The summed E-state index contributed by atoms with van der Waals surface area (Å²) in [6.07, 6.45) is 3.69. The van der Waals surface area contributed by atoms with Crippen molar-refractivity contribution in [2.45, 2.75) is 13.0 Å². The molecule has 0 unspecified atom stereocenters. The second-order valence-electron chi connectivity index (χ2n) is 4.07. The van der Waals surface area contributed by atoms with E-state index in [-0.39, 0.29) is 6.04 Å². The minimum absolute atomic E-state index is 0.268. The van der Waals surface area contributed by atoms with Crippen molar-refractivity contribution < 1.29 is 4.74 Å². The van der Waals surface area contributed by atoms with Crippen molar-refractivity contribution in [3.05, 3.63) is 30.7 Å². The predicted octanol–water partition coefficient (Wildman–Crippen LogP) is 2.09. The van der Waals surface area contributed by atoms with Gasteiger partial charge in [0.1, 0.15) is 6.61 Å². The van der Waals surface area contributed by atoms with Crippen molar-refractivity contribution in [3.8, 4) is 17.0 Å². The highest BCUT2D eigenvalue weighted by Crippen LogP contribution is 2.38. The number of benzene rings is 1. The van der Waals surface area contributed by atoms with Crippen LogP contribution in [0.25, 0.3) is 11.3 Å². The summed E-state index contributed by atoms with van der Waals surface area (Å²) in [5.41, 5.74) is 8.69. The third-order valence-corrected chi connectivity index (χ3v) is 2.93. The van der Waals surface area contributed by atoms with E-state index < -0.39 is 0 Å². The van der Waals surface area contributed by atoms with E-state index in [9.17, 15) is 0 Å². The topological polar surface area (TPSA) is 53.1 Å². The number of nitrogens with zero attached hydrogens (tertiary/aromatic N) is 2. The van der Waals surface area contributed by atoms with Crippen molar-refractivity contribution in [1.29, 1.82) is 0 Å². The smallest absolute Gasteiger partial charge is 0.151 e. The summed E-state index contributed by atoms with van der Waals surface area (Å²) in [7, 11) is 0. The summed E-state index contributed by atoms with van der Waals surface area (Å²) in [5.74, 6) is 0.772. The number of ether oxygens (including phenoxy) is 1. The summed E-state index contributed by atoms with van der Waals surface area (Å²) >= 11 is 0. The molecular weight excluding hydrogens is 202 g/mol. The van der Waals surface area contributed by atoms with Gasteiger partial charge in [-0.1, -0.05) is 6.07 Å². The van der Waals surface area contributed by atoms with Gasteiger partial charge in [-0.25, -0.2) is 4.98 Å². The molecule has 0 aliphatic carbocycles. The Morgan fingerprint density at radius 2 is 2.38 bits per heavy atom. The summed E-state index contributed by atoms with van der Waals surface area (Å²) in [4.78, 5) is 4.19. The van der Waals surface area contributed by atoms with E-state index in [4.69, 9.17) is 10.5 Å². The van der Waals surface area contributed by atoms with Gasteiger partial charge in [0.05, 0.1) is 29.9 Å². The van der Waals surface area contributed by atoms with E-state index >= 15 is 0 Å². The number of fused-ring (bicyclic) bond motifs is 3. The molecule has 3 rings (SSSR count). The number of nitrogen functional groups attached to an aromatic ring is 1. The number of hydrogen-bond acceptors (Lipinski definition) is 3. The maximum atomic E-state index is 5.93. The average molecular weight is 215 g/mol. The molecule has 1 aliphatic rings. The Bertz CT molecular complexity index is 533. The highest BCUT2D eigenvalue weighted by Gasteiger charge is 2.21. The third kappa shape index (κ3) is 1.19. The summed E-state index contributed by atoms with van der Waals surface area (Å²) in [5, 5.41) is 0. The summed E-state index contributed by atoms with van der Waals surface area (Å²) in [6.45, 7) is 2.72. The fourth-order valence-corrected chi connectivity index (χ4v) is 2.07. The number of imidazole rings is 1. The van der Waals surface area contributed by atoms with E-state index in [2.05, 4.69) is 16.5 Å². The summed E-state index contributed by atoms with van der Waals surface area (Å²) < 4.78 is 7.88. The Labute approximate surface area is 93.7 Å². The first-order valence-corrected chi connectivity index (χ1v) is 5.31. The first-order chi connectivity index (χ1) is 7.77. The normalized spacial score (nSPS) is 18.2. The Balaban J connectivity index is 2.29. The number of nitrogens with two attached hydrogens (primary N) is 1. The molecule has 4 heteroatoms. The Morgan fingerprint density at radius 3 is 3.25 bits per heavy atom. The van der Waals surface area contributed by atoms with Crippen LogP contribution in [0.2, 0.25) is 0 Å². The van der Waals surface area contributed by atoms with Gasteiger partial charge >= 0.3 is 0 Å². The fraction of sp³-hybridized carbons (Fsp3) is 0.250. The van der Waals surface area contributed by atoms with E-state index in [1.807, 2.05) is 30.7 Å². The third-order valence-electron chi connectivity index (χ3n) is 2.93. The number of anilines is 1. The molecule has 82 valence electrons. The first kappa shape index (κ1) is 9.27. The lowest BCUT2D eigenvalue weighted by molar-refractivity contribution is 0.270. The van der Waals surface area contributed by atoms with E-state index in [1.54, 1.807) is 0 Å². The van der Waals surface area contributed by atoms with Crippen molar-refractivity contribution in [1.82, 2.24) is 9.55 Å². The average Bonchev–Trinajstić information content (AvgIpc) is 2.71. The molecule has 1 aromatic heterocycles. The number of aromatic nitrogens is 2. The SMILES string of the molecule is C[C@@H]1COc2c(N)cccc2-c2cncn21. The molecule has 0 fully saturated rings. The highest BCUT2D eigenvalue weighted by atomic mass is 16.5. The maximum absolute atomic E-state index is 5.93. The predicted molar refractivity (Wildman–Crippen MR) is 62.3 cm³/mol. The standard InChI is InChI=1S/C12H13N3O/c1-8-6-16-12-9(3-2-4-10(12)13)11-5-14-7-15(8)11/h2-5,7-8H,6,13H2,1H3/t8-/m1/s1. The van der Waals surface area contributed by atoms with Crippen molar-refractivity contribution in [2.75, 3.05) is 12.3 Å². The van der Waals surface area contributed by atoms with Crippen LogP contribution in [0.15, 0.2) is 30.7 Å². The molecule has 1 aliphatic heterocycles. The molecule has 0 spiro atoms. The van der Waals surface area contributed by atoms with Gasteiger partial charge in [-0.2, -0.15) is 0 Å². The molecule has 16 heavy (non-hydrogen) atoms. The minimum Gasteiger partial charge on any atom is -0.489 e. The van der Waals surface area contributed by atoms with Crippen LogP contribution in [0.1, 0.15) is 13.0 Å². The molecule has 2 aromatic rings. The lowest BCUT2D eigenvalue weighted by Gasteiger charge is -2.11. The molecule has 1 aromatic carbocycles. The second kappa shape index (κ2) is 3.27. The maximum Gasteiger partial charge on any atom is 0.151 e. The largest absolute Gasteiger partial charge is 0.489 e. The van der Waals surface area contributed by atoms with Crippen LogP contribution in [0, 0.1) is 0 Å².